The molecular weight excluding hydrogens is 262 g/mol. The van der Waals surface area contributed by atoms with Crippen molar-refractivity contribution in [1.82, 2.24) is 10.2 Å². The predicted octanol–water partition coefficient (Wildman–Crippen LogP) is 2.07. The summed E-state index contributed by atoms with van der Waals surface area (Å²) in [6.07, 6.45) is 6.34. The summed E-state index contributed by atoms with van der Waals surface area (Å²) in [6.45, 7) is 4.19. The Hall–Kier alpha value is -1.39. The van der Waals surface area contributed by atoms with E-state index in [0.29, 0.717) is 6.54 Å². The fourth-order valence-electron chi connectivity index (χ4n) is 2.80. The van der Waals surface area contributed by atoms with Gasteiger partial charge in [0.2, 0.25) is 5.91 Å². The van der Waals surface area contributed by atoms with Gasteiger partial charge in [0, 0.05) is 6.54 Å². The molecule has 21 heavy (non-hydrogen) atoms. The summed E-state index contributed by atoms with van der Waals surface area (Å²) in [4.78, 5) is 14.5. The van der Waals surface area contributed by atoms with Gasteiger partial charge in [-0.15, -0.1) is 0 Å². The second-order valence-corrected chi connectivity index (χ2v) is 5.79. The number of likely N-dealkylation sites (tertiary alicyclic amines) is 1. The predicted molar refractivity (Wildman–Crippen MR) is 85.9 cm³/mol. The van der Waals surface area contributed by atoms with Crippen LogP contribution in [0.4, 0.5) is 0 Å². The third kappa shape index (κ3) is 5.48. The molecule has 1 aliphatic rings. The minimum Gasteiger partial charge on any atom is -0.354 e. The molecule has 0 radical (unpaired) electrons. The highest BCUT2D eigenvalue weighted by atomic mass is 16.2. The van der Waals surface area contributed by atoms with Crippen molar-refractivity contribution in [2.24, 2.45) is 5.73 Å². The second-order valence-electron chi connectivity index (χ2n) is 5.79. The molecule has 1 aromatic carbocycles. The molecule has 1 atom stereocenters. The van der Waals surface area contributed by atoms with Gasteiger partial charge < -0.3 is 16.0 Å². The smallest absolute Gasteiger partial charge is 0.241 e. The van der Waals surface area contributed by atoms with E-state index in [2.05, 4.69) is 10.2 Å². The van der Waals surface area contributed by atoms with Crippen molar-refractivity contribution in [3.05, 3.63) is 35.9 Å². The van der Waals surface area contributed by atoms with Crippen molar-refractivity contribution in [1.29, 1.82) is 0 Å². The molecular formula is C17H27N3O. The SMILES string of the molecule is NC(C(=O)NCCCN1CCCCCC1)c1ccccc1. The van der Waals surface area contributed by atoms with Gasteiger partial charge in [-0.1, -0.05) is 43.2 Å². The number of hydrogen-bond acceptors (Lipinski definition) is 3. The highest BCUT2D eigenvalue weighted by molar-refractivity contribution is 5.82. The van der Waals surface area contributed by atoms with Crippen LogP contribution in [-0.4, -0.2) is 37.0 Å². The molecule has 0 saturated carbocycles. The van der Waals surface area contributed by atoms with E-state index in [-0.39, 0.29) is 5.91 Å². The maximum atomic E-state index is 12.0. The standard InChI is InChI=1S/C17H27N3O/c18-16(15-9-4-3-5-10-15)17(21)19-11-8-14-20-12-6-1-2-7-13-20/h3-5,9-10,16H,1-2,6-8,11-14,18H2,(H,19,21). The van der Waals surface area contributed by atoms with E-state index in [4.69, 9.17) is 5.73 Å². The van der Waals surface area contributed by atoms with Gasteiger partial charge in [0.25, 0.3) is 0 Å². The van der Waals surface area contributed by atoms with Crippen molar-refractivity contribution in [2.45, 2.75) is 38.1 Å². The Morgan fingerprint density at radius 1 is 1.14 bits per heavy atom. The first kappa shape index (κ1) is 16.0. The Kier molecular flexibility index (Phi) is 6.70. The largest absolute Gasteiger partial charge is 0.354 e. The van der Waals surface area contributed by atoms with Crippen molar-refractivity contribution in [3.8, 4) is 0 Å². The molecule has 0 bridgehead atoms. The van der Waals surface area contributed by atoms with Crippen LogP contribution in [0.15, 0.2) is 30.3 Å². The molecule has 1 aromatic rings. The van der Waals surface area contributed by atoms with Gasteiger partial charge in [-0.05, 0) is 44.5 Å². The number of nitrogens with two attached hydrogens (primary N) is 1. The van der Waals surface area contributed by atoms with Gasteiger partial charge in [-0.25, -0.2) is 0 Å². The summed E-state index contributed by atoms with van der Waals surface area (Å²) in [5.74, 6) is -0.0860. The minimum atomic E-state index is -0.565. The van der Waals surface area contributed by atoms with Crippen molar-refractivity contribution in [2.75, 3.05) is 26.2 Å². The molecule has 3 N–H and O–H groups in total. The summed E-state index contributed by atoms with van der Waals surface area (Å²) < 4.78 is 0. The number of carbonyl (C=O) groups excluding carboxylic acids is 1. The number of carbonyl (C=O) groups is 1. The van der Waals surface area contributed by atoms with E-state index in [1.165, 1.54) is 38.8 Å². The zero-order valence-corrected chi connectivity index (χ0v) is 12.8. The lowest BCUT2D eigenvalue weighted by atomic mass is 10.1. The molecule has 4 nitrogen and oxygen atoms in total. The quantitative estimate of drug-likeness (QED) is 0.788. The lowest BCUT2D eigenvalue weighted by molar-refractivity contribution is -0.122. The number of nitrogens with one attached hydrogen (secondary N) is 1. The molecule has 1 heterocycles. The highest BCUT2D eigenvalue weighted by Gasteiger charge is 2.14. The average molecular weight is 289 g/mol. The van der Waals surface area contributed by atoms with Gasteiger partial charge in [0.1, 0.15) is 6.04 Å². The zero-order valence-electron chi connectivity index (χ0n) is 12.8. The maximum Gasteiger partial charge on any atom is 0.241 e. The fourth-order valence-corrected chi connectivity index (χ4v) is 2.80. The normalized spacial score (nSPS) is 18.0. The van der Waals surface area contributed by atoms with E-state index in [1.54, 1.807) is 0 Å². The maximum absolute atomic E-state index is 12.0. The lowest BCUT2D eigenvalue weighted by Gasteiger charge is -2.20. The average Bonchev–Trinajstić information content (AvgIpc) is 2.80. The van der Waals surface area contributed by atoms with Crippen LogP contribution in [0.1, 0.15) is 43.7 Å². The summed E-state index contributed by atoms with van der Waals surface area (Å²) in [5, 5.41) is 2.95. The minimum absolute atomic E-state index is 0.0860. The zero-order chi connectivity index (χ0) is 14.9. The Balaban J connectivity index is 1.65. The summed E-state index contributed by atoms with van der Waals surface area (Å²) in [7, 11) is 0. The molecule has 0 spiro atoms. The molecule has 4 heteroatoms. The summed E-state index contributed by atoms with van der Waals surface area (Å²) >= 11 is 0. The van der Waals surface area contributed by atoms with Gasteiger partial charge >= 0.3 is 0 Å². The molecule has 116 valence electrons. The topological polar surface area (TPSA) is 58.4 Å². The van der Waals surface area contributed by atoms with E-state index >= 15 is 0 Å². The molecule has 1 aliphatic heterocycles. The molecule has 1 saturated heterocycles. The van der Waals surface area contributed by atoms with Crippen molar-refractivity contribution >= 4 is 5.91 Å². The van der Waals surface area contributed by atoms with Crippen LogP contribution in [-0.2, 0) is 4.79 Å². The van der Waals surface area contributed by atoms with Crippen LogP contribution in [0.3, 0.4) is 0 Å². The summed E-state index contributed by atoms with van der Waals surface area (Å²) in [5.41, 5.74) is 6.83. The van der Waals surface area contributed by atoms with Crippen LogP contribution in [0, 0.1) is 0 Å². The molecule has 1 unspecified atom stereocenters. The van der Waals surface area contributed by atoms with Crippen LogP contribution in [0.25, 0.3) is 0 Å². The van der Waals surface area contributed by atoms with Crippen molar-refractivity contribution < 1.29 is 4.79 Å². The Morgan fingerprint density at radius 3 is 2.48 bits per heavy atom. The molecule has 1 fully saturated rings. The van der Waals surface area contributed by atoms with Crippen LogP contribution in [0.5, 0.6) is 0 Å². The van der Waals surface area contributed by atoms with E-state index in [9.17, 15) is 4.79 Å². The van der Waals surface area contributed by atoms with E-state index < -0.39 is 6.04 Å². The van der Waals surface area contributed by atoms with Crippen molar-refractivity contribution in [3.63, 3.8) is 0 Å². The Morgan fingerprint density at radius 2 is 1.81 bits per heavy atom. The highest BCUT2D eigenvalue weighted by Crippen LogP contribution is 2.10. The number of benzene rings is 1. The number of rotatable bonds is 6. The third-order valence-corrected chi connectivity index (χ3v) is 4.09. The van der Waals surface area contributed by atoms with Crippen LogP contribution >= 0.6 is 0 Å². The molecule has 0 aliphatic carbocycles. The number of nitrogens with zero attached hydrogens (tertiary/aromatic N) is 1. The fraction of sp³-hybridized carbons (Fsp3) is 0.588. The van der Waals surface area contributed by atoms with E-state index in [0.717, 1.165) is 18.5 Å². The Bertz CT molecular complexity index is 413. The first-order valence-corrected chi connectivity index (χ1v) is 8.08. The third-order valence-electron chi connectivity index (χ3n) is 4.09. The molecule has 1 amide bonds. The molecule has 0 aromatic heterocycles. The van der Waals surface area contributed by atoms with E-state index in [1.807, 2.05) is 30.3 Å². The monoisotopic (exact) mass is 289 g/mol. The van der Waals surface area contributed by atoms with Gasteiger partial charge in [-0.3, -0.25) is 4.79 Å². The lowest BCUT2D eigenvalue weighted by Crippen LogP contribution is -2.36. The van der Waals surface area contributed by atoms with Gasteiger partial charge in [-0.2, -0.15) is 0 Å². The van der Waals surface area contributed by atoms with Gasteiger partial charge in [0.05, 0.1) is 0 Å². The molecule has 2 rings (SSSR count). The summed E-state index contributed by atoms with van der Waals surface area (Å²) in [6, 6.07) is 8.95. The number of hydrogen-bond donors (Lipinski definition) is 2. The van der Waals surface area contributed by atoms with Crippen LogP contribution in [0.2, 0.25) is 0 Å². The first-order chi connectivity index (χ1) is 10.3. The van der Waals surface area contributed by atoms with Crippen LogP contribution < -0.4 is 11.1 Å². The number of amides is 1. The second kappa shape index (κ2) is 8.80. The first-order valence-electron chi connectivity index (χ1n) is 8.08. The Labute approximate surface area is 127 Å². The van der Waals surface area contributed by atoms with Gasteiger partial charge in [0.15, 0.2) is 0 Å².